The van der Waals surface area contributed by atoms with Crippen molar-refractivity contribution in [3.8, 4) is 22.3 Å². The molecule has 3 heterocycles. The molecule has 5 aromatic rings. The predicted octanol–water partition coefficient (Wildman–Crippen LogP) is 6.55. The third kappa shape index (κ3) is 6.05. The van der Waals surface area contributed by atoms with E-state index in [0.717, 1.165) is 48.2 Å². The van der Waals surface area contributed by atoms with Gasteiger partial charge in [-0.15, -0.1) is 0 Å². The smallest absolute Gasteiger partial charge is 0.269 e. The summed E-state index contributed by atoms with van der Waals surface area (Å²) >= 11 is 0. The number of aliphatic hydroxyl groups is 1. The highest BCUT2D eigenvalue weighted by molar-refractivity contribution is 7.90. The van der Waals surface area contributed by atoms with Crippen LogP contribution in [0.15, 0.2) is 90.0 Å². The maximum atomic E-state index is 14.6. The van der Waals surface area contributed by atoms with Crippen LogP contribution in [0.25, 0.3) is 33.3 Å². The normalized spacial score (nSPS) is 16.0. The molecule has 1 aliphatic rings. The monoisotopic (exact) mass is 613 g/mol. The van der Waals surface area contributed by atoms with E-state index in [2.05, 4.69) is 17.0 Å². The zero-order valence-corrected chi connectivity index (χ0v) is 25.7. The number of nitrogens with zero attached hydrogens (tertiary/aromatic N) is 3. The largest absolute Gasteiger partial charge is 0.392 e. The van der Waals surface area contributed by atoms with Crippen LogP contribution >= 0.6 is 0 Å². The molecule has 1 N–H and O–H groups in total. The SMILES string of the molecule is CCOCc1c(-c2cccc(F)c2)c2cc(-c3ccc(CN4CCCC(O)C4)cc3)cnc2n1S(=O)(=O)c1ccc(C)cc1. The lowest BCUT2D eigenvalue weighted by molar-refractivity contribution is 0.0668. The standard InChI is InChI=1S/C35H36FN3O4S/c1-3-43-23-33-34(27-6-4-7-29(36)18-27)32-19-28(26-13-11-25(12-14-26)21-38-17-5-8-30(40)22-38)20-37-35(32)39(33)44(41,42)31-15-9-24(2)10-16-31/h4,6-7,9-16,18-20,30,40H,3,5,8,17,21-23H2,1-2H3. The summed E-state index contributed by atoms with van der Waals surface area (Å²) in [6.07, 6.45) is 3.24. The van der Waals surface area contributed by atoms with Gasteiger partial charge >= 0.3 is 0 Å². The molecule has 0 bridgehead atoms. The van der Waals surface area contributed by atoms with E-state index in [1.807, 2.05) is 32.0 Å². The third-order valence-corrected chi connectivity index (χ3v) is 9.89. The van der Waals surface area contributed by atoms with Crippen molar-refractivity contribution in [2.24, 2.45) is 0 Å². The summed E-state index contributed by atoms with van der Waals surface area (Å²) in [5, 5.41) is 10.6. The Balaban J connectivity index is 1.49. The highest BCUT2D eigenvalue weighted by atomic mass is 32.2. The van der Waals surface area contributed by atoms with Crippen molar-refractivity contribution >= 4 is 21.1 Å². The van der Waals surface area contributed by atoms with Gasteiger partial charge < -0.3 is 9.84 Å². The Morgan fingerprint density at radius 1 is 1.00 bits per heavy atom. The van der Waals surface area contributed by atoms with Crippen molar-refractivity contribution in [3.63, 3.8) is 0 Å². The third-order valence-electron chi connectivity index (χ3n) is 8.15. The zero-order chi connectivity index (χ0) is 30.8. The molecule has 1 aliphatic heterocycles. The number of hydrogen-bond donors (Lipinski definition) is 1. The molecule has 1 fully saturated rings. The number of piperidine rings is 1. The fourth-order valence-electron chi connectivity index (χ4n) is 5.95. The van der Waals surface area contributed by atoms with Crippen molar-refractivity contribution in [1.82, 2.24) is 13.9 Å². The van der Waals surface area contributed by atoms with E-state index in [1.54, 1.807) is 42.6 Å². The molecule has 0 aliphatic carbocycles. The molecule has 1 saturated heterocycles. The van der Waals surface area contributed by atoms with E-state index in [1.165, 1.54) is 16.1 Å². The zero-order valence-electron chi connectivity index (χ0n) is 24.9. The van der Waals surface area contributed by atoms with Gasteiger partial charge in [0.15, 0.2) is 5.65 Å². The van der Waals surface area contributed by atoms with Crippen molar-refractivity contribution in [2.75, 3.05) is 19.7 Å². The van der Waals surface area contributed by atoms with Gasteiger partial charge in [-0.2, -0.15) is 0 Å². The highest BCUT2D eigenvalue weighted by Gasteiger charge is 2.29. The number of aromatic nitrogens is 2. The summed E-state index contributed by atoms with van der Waals surface area (Å²) in [6.45, 7) is 6.52. The van der Waals surface area contributed by atoms with Crippen LogP contribution in [0.5, 0.6) is 0 Å². The summed E-state index contributed by atoms with van der Waals surface area (Å²) in [6, 6.07) is 23.0. The van der Waals surface area contributed by atoms with Gasteiger partial charge in [0, 0.05) is 42.4 Å². The van der Waals surface area contributed by atoms with Crippen molar-refractivity contribution < 1.29 is 22.7 Å². The van der Waals surface area contributed by atoms with E-state index >= 15 is 0 Å². The molecular weight excluding hydrogens is 577 g/mol. The molecule has 44 heavy (non-hydrogen) atoms. The Hall–Kier alpha value is -3.89. The van der Waals surface area contributed by atoms with Crippen molar-refractivity contribution in [2.45, 2.75) is 50.8 Å². The first kappa shape index (κ1) is 30.1. The molecule has 0 radical (unpaired) electrons. The molecule has 7 nitrogen and oxygen atoms in total. The molecule has 3 aromatic carbocycles. The van der Waals surface area contributed by atoms with Gasteiger partial charge in [0.2, 0.25) is 0 Å². The lowest BCUT2D eigenvalue weighted by atomic mass is 9.99. The number of rotatable bonds is 9. The summed E-state index contributed by atoms with van der Waals surface area (Å²) in [5.41, 5.74) is 5.57. The van der Waals surface area contributed by atoms with Gasteiger partial charge in [0.25, 0.3) is 10.0 Å². The quantitative estimate of drug-likeness (QED) is 0.203. The average Bonchev–Trinajstić information content (AvgIpc) is 3.35. The van der Waals surface area contributed by atoms with E-state index in [0.29, 0.717) is 35.4 Å². The Morgan fingerprint density at radius 2 is 1.77 bits per heavy atom. The Bertz CT molecular complexity index is 1890. The Labute approximate surface area is 257 Å². The second-order valence-corrected chi connectivity index (χ2v) is 13.2. The number of likely N-dealkylation sites (tertiary alicyclic amines) is 1. The molecule has 1 atom stereocenters. The minimum Gasteiger partial charge on any atom is -0.392 e. The second-order valence-electron chi connectivity index (χ2n) is 11.4. The fourth-order valence-corrected chi connectivity index (χ4v) is 7.45. The lowest BCUT2D eigenvalue weighted by Crippen LogP contribution is -2.37. The number of aliphatic hydroxyl groups excluding tert-OH is 1. The van der Waals surface area contributed by atoms with Crippen LogP contribution < -0.4 is 0 Å². The van der Waals surface area contributed by atoms with Gasteiger partial charge in [0.05, 0.1) is 23.3 Å². The minimum absolute atomic E-state index is 0.000967. The fraction of sp³-hybridized carbons (Fsp3) is 0.286. The van der Waals surface area contributed by atoms with Gasteiger partial charge in [-0.25, -0.2) is 21.8 Å². The molecule has 1 unspecified atom stereocenters. The highest BCUT2D eigenvalue weighted by Crippen LogP contribution is 2.39. The van der Waals surface area contributed by atoms with E-state index < -0.39 is 15.8 Å². The van der Waals surface area contributed by atoms with Gasteiger partial charge in [0.1, 0.15) is 5.82 Å². The average molecular weight is 614 g/mol. The number of β-amino-alcohol motifs (C(OH)–C–C–N with tert-alkyl or cyclic N) is 1. The lowest BCUT2D eigenvalue weighted by Gasteiger charge is -2.29. The molecule has 0 amide bonds. The Morgan fingerprint density at radius 3 is 2.48 bits per heavy atom. The maximum Gasteiger partial charge on any atom is 0.269 e. The van der Waals surface area contributed by atoms with Gasteiger partial charge in [-0.05, 0) is 80.3 Å². The van der Waals surface area contributed by atoms with Crippen molar-refractivity contribution in [1.29, 1.82) is 0 Å². The first-order valence-corrected chi connectivity index (χ1v) is 16.4. The molecular formula is C35H36FN3O4S. The summed E-state index contributed by atoms with van der Waals surface area (Å²) < 4.78 is 50.0. The molecule has 9 heteroatoms. The van der Waals surface area contributed by atoms with Crippen LogP contribution in [0.4, 0.5) is 4.39 Å². The predicted molar refractivity (Wildman–Crippen MR) is 170 cm³/mol. The minimum atomic E-state index is -4.08. The van der Waals surface area contributed by atoms with E-state index in [9.17, 15) is 17.9 Å². The maximum absolute atomic E-state index is 14.6. The number of fused-ring (bicyclic) bond motifs is 1. The second kappa shape index (κ2) is 12.6. The van der Waals surface area contributed by atoms with E-state index in [-0.39, 0.29) is 23.3 Å². The number of ether oxygens (including phenoxy) is 1. The van der Waals surface area contributed by atoms with Crippen LogP contribution in [0, 0.1) is 12.7 Å². The van der Waals surface area contributed by atoms with E-state index in [4.69, 9.17) is 9.72 Å². The van der Waals surface area contributed by atoms with Gasteiger partial charge in [-0.3, -0.25) is 4.90 Å². The number of aryl methyl sites for hydroxylation is 1. The van der Waals surface area contributed by atoms with Crippen LogP contribution in [0.1, 0.15) is 36.6 Å². The number of benzene rings is 3. The van der Waals surface area contributed by atoms with Crippen molar-refractivity contribution in [3.05, 3.63) is 108 Å². The number of pyridine rings is 1. The molecule has 2 aromatic heterocycles. The Kier molecular flexibility index (Phi) is 8.64. The molecule has 0 spiro atoms. The van der Waals surface area contributed by atoms with Crippen LogP contribution in [-0.2, 0) is 27.9 Å². The molecule has 6 rings (SSSR count). The first-order valence-electron chi connectivity index (χ1n) is 14.9. The summed E-state index contributed by atoms with van der Waals surface area (Å²) in [4.78, 5) is 7.12. The number of halogens is 1. The van der Waals surface area contributed by atoms with Crippen LogP contribution in [-0.4, -0.2) is 53.2 Å². The number of hydrogen-bond acceptors (Lipinski definition) is 6. The summed E-state index contributed by atoms with van der Waals surface area (Å²) in [7, 11) is -4.08. The topological polar surface area (TPSA) is 84.7 Å². The van der Waals surface area contributed by atoms with Crippen LogP contribution in [0.3, 0.4) is 0 Å². The van der Waals surface area contributed by atoms with Crippen LogP contribution in [0.2, 0.25) is 0 Å². The molecule has 228 valence electrons. The first-order chi connectivity index (χ1) is 21.2. The molecule has 0 saturated carbocycles. The van der Waals surface area contributed by atoms with Gasteiger partial charge in [-0.1, -0.05) is 54.1 Å². The summed E-state index contributed by atoms with van der Waals surface area (Å²) in [5.74, 6) is -0.423.